The fraction of sp³-hybridized carbons (Fsp3) is 0.316. The molecule has 0 saturated carbocycles. The third-order valence-electron chi connectivity index (χ3n) is 4.66. The van der Waals surface area contributed by atoms with Crippen LogP contribution < -0.4 is 10.1 Å². The second-order valence-electron chi connectivity index (χ2n) is 5.77. The van der Waals surface area contributed by atoms with Crippen molar-refractivity contribution in [1.29, 1.82) is 0 Å². The molecule has 0 aliphatic carbocycles. The Hall–Kier alpha value is -2.49. The Kier molecular flexibility index (Phi) is 4.24. The maximum absolute atomic E-state index is 12.5. The highest BCUT2D eigenvalue weighted by Crippen LogP contribution is 2.44. The van der Waals surface area contributed by atoms with Gasteiger partial charge in [-0.05, 0) is 36.1 Å². The van der Waals surface area contributed by atoms with E-state index in [-0.39, 0.29) is 6.03 Å². The lowest BCUT2D eigenvalue weighted by molar-refractivity contribution is 0.168. The van der Waals surface area contributed by atoms with E-state index in [1.54, 1.807) is 14.2 Å². The van der Waals surface area contributed by atoms with Crippen LogP contribution in [-0.4, -0.2) is 31.6 Å². The number of rotatable bonds is 3. The van der Waals surface area contributed by atoms with Crippen LogP contribution in [0.2, 0.25) is 0 Å². The van der Waals surface area contributed by atoms with E-state index in [4.69, 9.17) is 4.74 Å². The van der Waals surface area contributed by atoms with E-state index < -0.39 is 5.54 Å². The molecule has 1 N–H and O–H groups in total. The SMILES string of the molecule is CNC(=O)N1CCCC1(c1ccccc1)c1ccc(OC)cc1. The van der Waals surface area contributed by atoms with Gasteiger partial charge >= 0.3 is 6.03 Å². The van der Waals surface area contributed by atoms with E-state index in [0.717, 1.165) is 36.3 Å². The van der Waals surface area contributed by atoms with Crippen molar-refractivity contribution >= 4 is 6.03 Å². The summed E-state index contributed by atoms with van der Waals surface area (Å²) < 4.78 is 5.27. The van der Waals surface area contributed by atoms with Gasteiger partial charge in [-0.25, -0.2) is 4.79 Å². The topological polar surface area (TPSA) is 41.6 Å². The van der Waals surface area contributed by atoms with Crippen LogP contribution >= 0.6 is 0 Å². The van der Waals surface area contributed by atoms with Crippen molar-refractivity contribution in [2.75, 3.05) is 20.7 Å². The molecule has 1 unspecified atom stereocenters. The highest BCUT2D eigenvalue weighted by Gasteiger charge is 2.46. The molecule has 1 fully saturated rings. The Balaban J connectivity index is 2.15. The zero-order valence-corrected chi connectivity index (χ0v) is 13.6. The summed E-state index contributed by atoms with van der Waals surface area (Å²) in [6.07, 6.45) is 1.89. The number of urea groups is 1. The first-order valence-electron chi connectivity index (χ1n) is 7.92. The number of hydrogen-bond donors (Lipinski definition) is 1. The maximum atomic E-state index is 12.5. The molecule has 1 heterocycles. The average molecular weight is 310 g/mol. The summed E-state index contributed by atoms with van der Waals surface area (Å²) in [6, 6.07) is 18.3. The molecule has 120 valence electrons. The monoisotopic (exact) mass is 310 g/mol. The molecule has 4 nitrogen and oxygen atoms in total. The van der Waals surface area contributed by atoms with Crippen LogP contribution in [0.5, 0.6) is 5.75 Å². The van der Waals surface area contributed by atoms with E-state index in [9.17, 15) is 4.79 Å². The molecular formula is C19H22N2O2. The molecule has 2 amide bonds. The number of benzene rings is 2. The van der Waals surface area contributed by atoms with Crippen molar-refractivity contribution in [3.63, 3.8) is 0 Å². The molecule has 0 spiro atoms. The predicted octanol–water partition coefficient (Wildman–Crippen LogP) is 3.37. The second-order valence-corrected chi connectivity index (χ2v) is 5.77. The minimum absolute atomic E-state index is 0.0397. The molecule has 0 radical (unpaired) electrons. The van der Waals surface area contributed by atoms with Gasteiger partial charge in [-0.15, -0.1) is 0 Å². The number of nitrogens with zero attached hydrogens (tertiary/aromatic N) is 1. The summed E-state index contributed by atoms with van der Waals surface area (Å²) in [6.45, 7) is 0.751. The lowest BCUT2D eigenvalue weighted by Crippen LogP contribution is -2.49. The van der Waals surface area contributed by atoms with Gasteiger partial charge in [-0.2, -0.15) is 0 Å². The molecule has 1 saturated heterocycles. The fourth-order valence-electron chi connectivity index (χ4n) is 3.58. The van der Waals surface area contributed by atoms with Crippen molar-refractivity contribution in [2.45, 2.75) is 18.4 Å². The number of hydrogen-bond acceptors (Lipinski definition) is 2. The third-order valence-corrected chi connectivity index (χ3v) is 4.66. The first kappa shape index (κ1) is 15.4. The Bertz CT molecular complexity index is 670. The van der Waals surface area contributed by atoms with Crippen molar-refractivity contribution in [2.24, 2.45) is 0 Å². The van der Waals surface area contributed by atoms with Crippen LogP contribution in [0.25, 0.3) is 0 Å². The van der Waals surface area contributed by atoms with E-state index in [1.165, 1.54) is 0 Å². The van der Waals surface area contributed by atoms with E-state index in [0.29, 0.717) is 0 Å². The minimum atomic E-state index is -0.423. The molecule has 0 aromatic heterocycles. The quantitative estimate of drug-likeness (QED) is 0.944. The molecule has 0 bridgehead atoms. The summed E-state index contributed by atoms with van der Waals surface area (Å²) in [5.74, 6) is 0.821. The van der Waals surface area contributed by atoms with Crippen LogP contribution in [0.15, 0.2) is 54.6 Å². The fourth-order valence-corrected chi connectivity index (χ4v) is 3.58. The van der Waals surface area contributed by atoms with Gasteiger partial charge in [0.25, 0.3) is 0 Å². The second kappa shape index (κ2) is 6.32. The van der Waals surface area contributed by atoms with Crippen LogP contribution in [0.3, 0.4) is 0 Å². The lowest BCUT2D eigenvalue weighted by atomic mass is 9.80. The minimum Gasteiger partial charge on any atom is -0.497 e. The molecular weight excluding hydrogens is 288 g/mol. The molecule has 2 aromatic carbocycles. The number of methoxy groups -OCH3 is 1. The summed E-state index contributed by atoms with van der Waals surface area (Å²) in [4.78, 5) is 14.4. The Morgan fingerprint density at radius 3 is 2.35 bits per heavy atom. The Morgan fingerprint density at radius 2 is 1.74 bits per heavy atom. The predicted molar refractivity (Wildman–Crippen MR) is 90.6 cm³/mol. The van der Waals surface area contributed by atoms with Crippen molar-refractivity contribution in [3.8, 4) is 5.75 Å². The van der Waals surface area contributed by atoms with Crippen molar-refractivity contribution in [3.05, 3.63) is 65.7 Å². The summed E-state index contributed by atoms with van der Waals surface area (Å²) in [5, 5.41) is 2.79. The molecule has 3 rings (SSSR count). The summed E-state index contributed by atoms with van der Waals surface area (Å²) in [5.41, 5.74) is 1.84. The van der Waals surface area contributed by atoms with Gasteiger partial charge in [0.2, 0.25) is 0 Å². The van der Waals surface area contributed by atoms with Crippen LogP contribution in [0.1, 0.15) is 24.0 Å². The summed E-state index contributed by atoms with van der Waals surface area (Å²) >= 11 is 0. The third kappa shape index (κ3) is 2.54. The molecule has 1 aliphatic heterocycles. The molecule has 1 aliphatic rings. The highest BCUT2D eigenvalue weighted by atomic mass is 16.5. The number of carbonyl (C=O) groups excluding carboxylic acids is 1. The zero-order chi connectivity index (χ0) is 16.3. The molecule has 1 atom stereocenters. The first-order valence-corrected chi connectivity index (χ1v) is 7.92. The highest BCUT2D eigenvalue weighted by molar-refractivity contribution is 5.76. The van der Waals surface area contributed by atoms with E-state index >= 15 is 0 Å². The largest absolute Gasteiger partial charge is 0.497 e. The van der Waals surface area contributed by atoms with Gasteiger partial charge in [0.05, 0.1) is 12.6 Å². The van der Waals surface area contributed by atoms with Gasteiger partial charge in [0, 0.05) is 13.6 Å². The van der Waals surface area contributed by atoms with E-state index in [2.05, 4.69) is 29.6 Å². The average Bonchev–Trinajstić information content (AvgIpc) is 3.08. The first-order chi connectivity index (χ1) is 11.2. The van der Waals surface area contributed by atoms with Gasteiger partial charge in [-0.1, -0.05) is 42.5 Å². The number of ether oxygens (including phenoxy) is 1. The molecule has 23 heavy (non-hydrogen) atoms. The Morgan fingerprint density at radius 1 is 1.09 bits per heavy atom. The van der Waals surface area contributed by atoms with Crippen molar-refractivity contribution < 1.29 is 9.53 Å². The smallest absolute Gasteiger partial charge is 0.318 e. The van der Waals surface area contributed by atoms with E-state index in [1.807, 2.05) is 35.2 Å². The summed E-state index contributed by atoms with van der Waals surface area (Å²) in [7, 11) is 3.35. The van der Waals surface area contributed by atoms with Crippen LogP contribution in [0.4, 0.5) is 4.79 Å². The van der Waals surface area contributed by atoms with Crippen LogP contribution in [-0.2, 0) is 5.54 Å². The Labute approximate surface area is 137 Å². The van der Waals surface area contributed by atoms with Crippen LogP contribution in [0, 0.1) is 0 Å². The number of carbonyl (C=O) groups is 1. The zero-order valence-electron chi connectivity index (χ0n) is 13.6. The normalized spacial score (nSPS) is 20.3. The number of nitrogens with one attached hydrogen (secondary N) is 1. The number of likely N-dealkylation sites (tertiary alicyclic amines) is 1. The van der Waals surface area contributed by atoms with Gasteiger partial charge in [0.15, 0.2) is 0 Å². The lowest BCUT2D eigenvalue weighted by Gasteiger charge is -2.39. The van der Waals surface area contributed by atoms with Gasteiger partial charge < -0.3 is 15.0 Å². The molecule has 4 heteroatoms. The van der Waals surface area contributed by atoms with Gasteiger partial charge in [0.1, 0.15) is 5.75 Å². The van der Waals surface area contributed by atoms with Gasteiger partial charge in [-0.3, -0.25) is 0 Å². The maximum Gasteiger partial charge on any atom is 0.318 e. The molecule has 2 aromatic rings. The number of amides is 2. The van der Waals surface area contributed by atoms with Crippen molar-refractivity contribution in [1.82, 2.24) is 10.2 Å². The standard InChI is InChI=1S/C19H22N2O2/c1-20-18(22)21-14-6-13-19(21,15-7-4-3-5-8-15)16-9-11-17(23-2)12-10-16/h3-5,7-12H,6,13-14H2,1-2H3,(H,20,22).